The van der Waals surface area contributed by atoms with E-state index in [4.69, 9.17) is 5.73 Å². The van der Waals surface area contributed by atoms with Crippen LogP contribution in [0.25, 0.3) is 0 Å². The molecule has 0 spiro atoms. The summed E-state index contributed by atoms with van der Waals surface area (Å²) in [4.78, 5) is 18.0. The van der Waals surface area contributed by atoms with Crippen LogP contribution in [-0.4, -0.2) is 30.5 Å². The number of hydrogen-bond acceptors (Lipinski definition) is 4. The summed E-state index contributed by atoms with van der Waals surface area (Å²) in [6.45, 7) is 3.65. The van der Waals surface area contributed by atoms with Crippen molar-refractivity contribution in [3.05, 3.63) is 23.9 Å². The first-order chi connectivity index (χ1) is 9.11. The molecule has 2 unspecified atom stereocenters. The van der Waals surface area contributed by atoms with Crippen molar-refractivity contribution in [2.24, 2.45) is 11.7 Å². The third-order valence-corrected chi connectivity index (χ3v) is 3.77. The van der Waals surface area contributed by atoms with Crippen molar-refractivity contribution in [3.8, 4) is 0 Å². The number of piperidine rings is 1. The molecule has 2 heterocycles. The van der Waals surface area contributed by atoms with Crippen LogP contribution in [0.3, 0.4) is 0 Å². The number of carbonyl (C=O) groups is 1. The van der Waals surface area contributed by atoms with Gasteiger partial charge in [-0.3, -0.25) is 4.79 Å². The number of nitrogens with two attached hydrogens (primary N) is 1. The minimum atomic E-state index is -0.205. The molecular formula is C14H22N4O. The van der Waals surface area contributed by atoms with Crippen molar-refractivity contribution in [2.45, 2.75) is 32.4 Å². The highest BCUT2D eigenvalue weighted by Gasteiger charge is 2.29. The molecule has 1 fully saturated rings. The highest BCUT2D eigenvalue weighted by atomic mass is 16.1. The van der Waals surface area contributed by atoms with Gasteiger partial charge in [-0.15, -0.1) is 0 Å². The normalized spacial score (nSPS) is 23.4. The van der Waals surface area contributed by atoms with Crippen LogP contribution in [0.5, 0.6) is 0 Å². The lowest BCUT2D eigenvalue weighted by Gasteiger charge is -2.37. The van der Waals surface area contributed by atoms with E-state index in [-0.39, 0.29) is 11.8 Å². The molecule has 3 N–H and O–H groups in total. The first-order valence-electron chi connectivity index (χ1n) is 6.77. The average molecular weight is 262 g/mol. The van der Waals surface area contributed by atoms with Gasteiger partial charge in [0, 0.05) is 25.3 Å². The standard InChI is InChI=1S/C14H22N4O/c1-10-3-5-12(14(15)19)9-18(10)13-6-4-11(7-16-2)8-17-13/h4,6,8,10,12,16H,3,5,7,9H2,1-2H3,(H2,15,19). The molecule has 19 heavy (non-hydrogen) atoms. The molecular weight excluding hydrogens is 240 g/mol. The number of anilines is 1. The molecule has 0 aliphatic carbocycles. The fraction of sp³-hybridized carbons (Fsp3) is 0.571. The molecule has 1 amide bonds. The number of amides is 1. The van der Waals surface area contributed by atoms with Gasteiger partial charge in [0.1, 0.15) is 5.82 Å². The zero-order valence-corrected chi connectivity index (χ0v) is 11.6. The van der Waals surface area contributed by atoms with Gasteiger partial charge in [0.05, 0.1) is 5.92 Å². The molecule has 104 valence electrons. The van der Waals surface area contributed by atoms with Gasteiger partial charge < -0.3 is 16.0 Å². The topological polar surface area (TPSA) is 71.2 Å². The van der Waals surface area contributed by atoms with Crippen LogP contribution < -0.4 is 16.0 Å². The van der Waals surface area contributed by atoms with Gasteiger partial charge in [0.2, 0.25) is 5.91 Å². The van der Waals surface area contributed by atoms with E-state index < -0.39 is 0 Å². The Morgan fingerprint density at radius 1 is 1.53 bits per heavy atom. The smallest absolute Gasteiger partial charge is 0.222 e. The molecule has 1 aliphatic rings. The molecule has 5 heteroatoms. The second-order valence-electron chi connectivity index (χ2n) is 5.23. The van der Waals surface area contributed by atoms with E-state index in [1.807, 2.05) is 19.3 Å². The highest BCUT2D eigenvalue weighted by Crippen LogP contribution is 2.26. The first kappa shape index (κ1) is 13.8. The molecule has 1 saturated heterocycles. The summed E-state index contributed by atoms with van der Waals surface area (Å²) >= 11 is 0. The highest BCUT2D eigenvalue weighted by molar-refractivity contribution is 5.77. The maximum Gasteiger partial charge on any atom is 0.222 e. The monoisotopic (exact) mass is 262 g/mol. The van der Waals surface area contributed by atoms with Gasteiger partial charge in [-0.2, -0.15) is 0 Å². The van der Waals surface area contributed by atoms with Crippen molar-refractivity contribution in [3.63, 3.8) is 0 Å². The Bertz CT molecular complexity index is 432. The second kappa shape index (κ2) is 6.02. The van der Waals surface area contributed by atoms with E-state index in [9.17, 15) is 4.79 Å². The number of carbonyl (C=O) groups excluding carboxylic acids is 1. The number of pyridine rings is 1. The molecule has 1 aromatic rings. The van der Waals surface area contributed by atoms with E-state index in [1.54, 1.807) is 0 Å². The fourth-order valence-electron chi connectivity index (χ4n) is 2.55. The van der Waals surface area contributed by atoms with Crippen molar-refractivity contribution >= 4 is 11.7 Å². The zero-order chi connectivity index (χ0) is 13.8. The number of primary amides is 1. The van der Waals surface area contributed by atoms with Crippen LogP contribution >= 0.6 is 0 Å². The van der Waals surface area contributed by atoms with Gasteiger partial charge in [-0.1, -0.05) is 6.07 Å². The van der Waals surface area contributed by atoms with Gasteiger partial charge >= 0.3 is 0 Å². The molecule has 0 saturated carbocycles. The Hall–Kier alpha value is -1.62. The van der Waals surface area contributed by atoms with E-state index in [2.05, 4.69) is 28.2 Å². The zero-order valence-electron chi connectivity index (χ0n) is 11.6. The Labute approximate surface area is 114 Å². The molecule has 1 aliphatic heterocycles. The number of nitrogens with one attached hydrogen (secondary N) is 1. The van der Waals surface area contributed by atoms with Gasteiger partial charge in [-0.25, -0.2) is 4.98 Å². The van der Waals surface area contributed by atoms with Gasteiger partial charge in [0.25, 0.3) is 0 Å². The lowest BCUT2D eigenvalue weighted by atomic mass is 9.93. The fourth-order valence-corrected chi connectivity index (χ4v) is 2.55. The first-order valence-corrected chi connectivity index (χ1v) is 6.77. The Morgan fingerprint density at radius 2 is 2.32 bits per heavy atom. The van der Waals surface area contributed by atoms with Crippen LogP contribution in [0.15, 0.2) is 18.3 Å². The van der Waals surface area contributed by atoms with Crippen LogP contribution in [0.1, 0.15) is 25.3 Å². The van der Waals surface area contributed by atoms with Crippen molar-refractivity contribution < 1.29 is 4.79 Å². The summed E-state index contributed by atoms with van der Waals surface area (Å²) in [7, 11) is 1.91. The SMILES string of the molecule is CNCc1ccc(N2CC(C(N)=O)CCC2C)nc1. The predicted octanol–water partition coefficient (Wildman–Crippen LogP) is 0.891. The summed E-state index contributed by atoms with van der Waals surface area (Å²) < 4.78 is 0. The lowest BCUT2D eigenvalue weighted by Crippen LogP contribution is -2.46. The second-order valence-corrected chi connectivity index (χ2v) is 5.23. The maximum atomic E-state index is 11.3. The quantitative estimate of drug-likeness (QED) is 0.845. The molecule has 0 aromatic carbocycles. The van der Waals surface area contributed by atoms with Crippen molar-refractivity contribution in [1.82, 2.24) is 10.3 Å². The van der Waals surface area contributed by atoms with Gasteiger partial charge in [0.15, 0.2) is 0 Å². The molecule has 2 rings (SSSR count). The molecule has 2 atom stereocenters. The van der Waals surface area contributed by atoms with Crippen LogP contribution in [-0.2, 0) is 11.3 Å². The van der Waals surface area contributed by atoms with E-state index in [0.29, 0.717) is 12.6 Å². The summed E-state index contributed by atoms with van der Waals surface area (Å²) in [6, 6.07) is 4.49. The molecule has 0 radical (unpaired) electrons. The average Bonchev–Trinajstić information content (AvgIpc) is 2.40. The Kier molecular flexibility index (Phi) is 4.37. The summed E-state index contributed by atoms with van der Waals surface area (Å²) in [6.07, 6.45) is 3.74. The summed E-state index contributed by atoms with van der Waals surface area (Å²) in [5.41, 5.74) is 6.58. The third kappa shape index (κ3) is 3.23. The molecule has 1 aromatic heterocycles. The van der Waals surface area contributed by atoms with E-state index in [0.717, 1.165) is 30.8 Å². The maximum absolute atomic E-state index is 11.3. The molecule has 5 nitrogen and oxygen atoms in total. The minimum Gasteiger partial charge on any atom is -0.369 e. The van der Waals surface area contributed by atoms with Crippen LogP contribution in [0.4, 0.5) is 5.82 Å². The number of hydrogen-bond donors (Lipinski definition) is 2. The van der Waals surface area contributed by atoms with E-state index >= 15 is 0 Å². The van der Waals surface area contributed by atoms with Crippen LogP contribution in [0.2, 0.25) is 0 Å². The van der Waals surface area contributed by atoms with Gasteiger partial charge in [-0.05, 0) is 38.4 Å². The molecule has 0 bridgehead atoms. The number of rotatable bonds is 4. The third-order valence-electron chi connectivity index (χ3n) is 3.77. The van der Waals surface area contributed by atoms with Crippen LogP contribution in [0, 0.1) is 5.92 Å². The number of nitrogens with zero attached hydrogens (tertiary/aromatic N) is 2. The minimum absolute atomic E-state index is 0.0602. The summed E-state index contributed by atoms with van der Waals surface area (Å²) in [5.74, 6) is 0.664. The van der Waals surface area contributed by atoms with Crippen molar-refractivity contribution in [1.29, 1.82) is 0 Å². The Morgan fingerprint density at radius 3 is 2.89 bits per heavy atom. The lowest BCUT2D eigenvalue weighted by molar-refractivity contribution is -0.122. The Balaban J connectivity index is 2.11. The van der Waals surface area contributed by atoms with E-state index in [1.165, 1.54) is 0 Å². The number of aromatic nitrogens is 1. The summed E-state index contributed by atoms with van der Waals surface area (Å²) in [5, 5.41) is 3.10. The largest absolute Gasteiger partial charge is 0.369 e. The predicted molar refractivity (Wildman–Crippen MR) is 75.7 cm³/mol. The van der Waals surface area contributed by atoms with Crippen molar-refractivity contribution in [2.75, 3.05) is 18.5 Å².